The number of para-hydroxylation sites is 1. The van der Waals surface area contributed by atoms with E-state index in [0.29, 0.717) is 11.0 Å². The van der Waals surface area contributed by atoms with Crippen molar-refractivity contribution in [2.24, 2.45) is 7.05 Å². The van der Waals surface area contributed by atoms with Crippen molar-refractivity contribution in [2.45, 2.75) is 36.7 Å². The van der Waals surface area contributed by atoms with Gasteiger partial charge < -0.3 is 9.47 Å². The molecule has 1 aliphatic heterocycles. The lowest BCUT2D eigenvalue weighted by atomic mass is 10.1. The van der Waals surface area contributed by atoms with Crippen LogP contribution in [-0.2, 0) is 18.3 Å². The summed E-state index contributed by atoms with van der Waals surface area (Å²) in [5.41, 5.74) is 2.99. The van der Waals surface area contributed by atoms with Crippen LogP contribution >= 0.6 is 11.8 Å². The number of aromatic nitrogens is 3. The number of rotatable bonds is 4. The molecule has 1 amide bonds. The number of anilines is 1. The third kappa shape index (κ3) is 3.30. The fourth-order valence-electron chi connectivity index (χ4n) is 3.57. The molecule has 2 heterocycles. The van der Waals surface area contributed by atoms with Gasteiger partial charge in [-0.1, -0.05) is 30.0 Å². The van der Waals surface area contributed by atoms with E-state index >= 15 is 0 Å². The maximum absolute atomic E-state index is 13.2. The van der Waals surface area contributed by atoms with Gasteiger partial charge in [-0.3, -0.25) is 4.79 Å². The van der Waals surface area contributed by atoms with Gasteiger partial charge in [0.15, 0.2) is 11.0 Å². The SMILES string of the molecule is C[C@H](Sc1nnc(-c2ccc(F)cc2)n1C)C(=O)N1c2ccccc2C[C@@H]1C. The molecule has 4 rings (SSSR count). The number of hydrogen-bond donors (Lipinski definition) is 0. The number of hydrogen-bond acceptors (Lipinski definition) is 4. The van der Waals surface area contributed by atoms with Crippen LogP contribution < -0.4 is 4.90 Å². The number of halogens is 1. The molecule has 0 unspecified atom stereocenters. The van der Waals surface area contributed by atoms with Crippen molar-refractivity contribution in [1.29, 1.82) is 0 Å². The largest absolute Gasteiger partial charge is 0.308 e. The average molecular weight is 396 g/mol. The summed E-state index contributed by atoms with van der Waals surface area (Å²) >= 11 is 1.38. The summed E-state index contributed by atoms with van der Waals surface area (Å²) in [6, 6.07) is 14.3. The highest BCUT2D eigenvalue weighted by molar-refractivity contribution is 8.00. The smallest absolute Gasteiger partial charge is 0.240 e. The van der Waals surface area contributed by atoms with Gasteiger partial charge in [-0.2, -0.15) is 0 Å². The second-order valence-electron chi connectivity index (χ2n) is 7.02. The van der Waals surface area contributed by atoms with E-state index in [4.69, 9.17) is 0 Å². The monoisotopic (exact) mass is 396 g/mol. The Hall–Kier alpha value is -2.67. The number of thioether (sulfide) groups is 1. The van der Waals surface area contributed by atoms with Crippen LogP contribution in [-0.4, -0.2) is 32.0 Å². The minimum Gasteiger partial charge on any atom is -0.308 e. The van der Waals surface area contributed by atoms with Crippen molar-refractivity contribution in [2.75, 3.05) is 4.90 Å². The molecule has 0 fully saturated rings. The first-order valence-electron chi connectivity index (χ1n) is 9.18. The summed E-state index contributed by atoms with van der Waals surface area (Å²) in [5.74, 6) is 0.413. The summed E-state index contributed by atoms with van der Waals surface area (Å²) in [6.45, 7) is 3.97. The van der Waals surface area contributed by atoms with Gasteiger partial charge in [0.2, 0.25) is 5.91 Å². The van der Waals surface area contributed by atoms with E-state index < -0.39 is 0 Å². The number of nitrogens with zero attached hydrogens (tertiary/aromatic N) is 4. The second kappa shape index (κ2) is 7.39. The van der Waals surface area contributed by atoms with E-state index in [-0.39, 0.29) is 23.0 Å². The maximum atomic E-state index is 13.2. The number of amides is 1. The predicted octanol–water partition coefficient (Wildman–Crippen LogP) is 4.08. The van der Waals surface area contributed by atoms with Gasteiger partial charge in [0, 0.05) is 24.3 Å². The average Bonchev–Trinajstić information content (AvgIpc) is 3.21. The van der Waals surface area contributed by atoms with Crippen LogP contribution in [0.25, 0.3) is 11.4 Å². The highest BCUT2D eigenvalue weighted by atomic mass is 32.2. The third-order valence-corrected chi connectivity index (χ3v) is 6.13. The zero-order valence-electron chi connectivity index (χ0n) is 16.0. The summed E-state index contributed by atoms with van der Waals surface area (Å²) in [6.07, 6.45) is 0.873. The van der Waals surface area contributed by atoms with Crippen LogP contribution in [0.2, 0.25) is 0 Å². The molecular formula is C21H21FN4OS. The van der Waals surface area contributed by atoms with Crippen molar-refractivity contribution < 1.29 is 9.18 Å². The number of fused-ring (bicyclic) bond motifs is 1. The van der Waals surface area contributed by atoms with Crippen molar-refractivity contribution in [3.05, 3.63) is 59.9 Å². The second-order valence-corrected chi connectivity index (χ2v) is 8.33. The molecule has 0 saturated heterocycles. The molecule has 0 aliphatic carbocycles. The van der Waals surface area contributed by atoms with Gasteiger partial charge in [-0.15, -0.1) is 10.2 Å². The first-order chi connectivity index (χ1) is 13.5. The number of benzene rings is 2. The summed E-state index contributed by atoms with van der Waals surface area (Å²) < 4.78 is 15.0. The van der Waals surface area contributed by atoms with E-state index in [2.05, 4.69) is 23.2 Å². The van der Waals surface area contributed by atoms with E-state index in [9.17, 15) is 9.18 Å². The molecule has 28 heavy (non-hydrogen) atoms. The topological polar surface area (TPSA) is 51.0 Å². The molecular weight excluding hydrogens is 375 g/mol. The van der Waals surface area contributed by atoms with Crippen molar-refractivity contribution in [3.8, 4) is 11.4 Å². The van der Waals surface area contributed by atoms with Gasteiger partial charge >= 0.3 is 0 Å². The Balaban J connectivity index is 1.53. The lowest BCUT2D eigenvalue weighted by Crippen LogP contribution is -2.40. The minimum atomic E-state index is -0.308. The van der Waals surface area contributed by atoms with Crippen LogP contribution in [0.15, 0.2) is 53.7 Å². The van der Waals surface area contributed by atoms with Crippen molar-refractivity contribution >= 4 is 23.4 Å². The highest BCUT2D eigenvalue weighted by Gasteiger charge is 2.34. The first-order valence-corrected chi connectivity index (χ1v) is 10.1. The summed E-state index contributed by atoms with van der Waals surface area (Å²) in [7, 11) is 1.85. The molecule has 5 nitrogen and oxygen atoms in total. The van der Waals surface area contributed by atoms with E-state index in [1.807, 2.05) is 41.6 Å². The van der Waals surface area contributed by atoms with Crippen LogP contribution in [0.5, 0.6) is 0 Å². The Morgan fingerprint density at radius 2 is 1.89 bits per heavy atom. The van der Waals surface area contributed by atoms with Crippen LogP contribution in [0.4, 0.5) is 10.1 Å². The standard InChI is InChI=1S/C21H21FN4OS/c1-13-12-16-6-4-5-7-18(16)26(13)20(27)14(2)28-21-24-23-19(25(21)3)15-8-10-17(22)11-9-15/h4-11,13-14H,12H2,1-3H3/t13-,14-/m0/s1. The Labute approximate surface area is 167 Å². The van der Waals surface area contributed by atoms with E-state index in [0.717, 1.165) is 17.7 Å². The molecule has 1 aliphatic rings. The Bertz CT molecular complexity index is 1020. The Kier molecular flexibility index (Phi) is 4.93. The van der Waals surface area contributed by atoms with Crippen molar-refractivity contribution in [1.82, 2.24) is 14.8 Å². The minimum absolute atomic E-state index is 0.0637. The molecule has 2 atom stereocenters. The molecule has 7 heteroatoms. The van der Waals surface area contributed by atoms with Gasteiger partial charge in [0.05, 0.1) is 5.25 Å². The molecule has 0 saturated carbocycles. The van der Waals surface area contributed by atoms with Crippen LogP contribution in [0.3, 0.4) is 0 Å². The van der Waals surface area contributed by atoms with E-state index in [1.54, 1.807) is 12.1 Å². The molecule has 0 radical (unpaired) electrons. The van der Waals surface area contributed by atoms with Crippen molar-refractivity contribution in [3.63, 3.8) is 0 Å². The summed E-state index contributed by atoms with van der Waals surface area (Å²) in [5, 5.41) is 8.80. The molecule has 0 N–H and O–H groups in total. The molecule has 0 spiro atoms. The molecule has 2 aromatic carbocycles. The summed E-state index contributed by atoms with van der Waals surface area (Å²) in [4.78, 5) is 15.0. The predicted molar refractivity (Wildman–Crippen MR) is 109 cm³/mol. The van der Waals surface area contributed by atoms with E-state index in [1.165, 1.54) is 29.5 Å². The maximum Gasteiger partial charge on any atom is 0.240 e. The van der Waals surface area contributed by atoms with Crippen LogP contribution in [0, 0.1) is 5.82 Å². The zero-order valence-corrected chi connectivity index (χ0v) is 16.8. The quantitative estimate of drug-likeness (QED) is 0.624. The molecule has 144 valence electrons. The Morgan fingerprint density at radius 1 is 1.18 bits per heavy atom. The number of carbonyl (C=O) groups is 1. The van der Waals surface area contributed by atoms with Crippen LogP contribution in [0.1, 0.15) is 19.4 Å². The number of carbonyl (C=O) groups excluding carboxylic acids is 1. The lowest BCUT2D eigenvalue weighted by Gasteiger charge is -2.25. The normalized spacial score (nSPS) is 16.9. The fourth-order valence-corrected chi connectivity index (χ4v) is 4.44. The molecule has 1 aromatic heterocycles. The fraction of sp³-hybridized carbons (Fsp3) is 0.286. The molecule has 0 bridgehead atoms. The first kappa shape index (κ1) is 18.7. The van der Waals surface area contributed by atoms with Gasteiger partial charge in [0.1, 0.15) is 5.82 Å². The van der Waals surface area contributed by atoms with Gasteiger partial charge in [0.25, 0.3) is 0 Å². The lowest BCUT2D eigenvalue weighted by molar-refractivity contribution is -0.118. The highest BCUT2D eigenvalue weighted by Crippen LogP contribution is 2.35. The third-order valence-electron chi connectivity index (χ3n) is 5.01. The van der Waals surface area contributed by atoms with Gasteiger partial charge in [-0.05, 0) is 56.2 Å². The molecule has 3 aromatic rings. The Morgan fingerprint density at radius 3 is 2.64 bits per heavy atom. The zero-order chi connectivity index (χ0) is 19.8. The van der Waals surface area contributed by atoms with Gasteiger partial charge in [-0.25, -0.2) is 4.39 Å².